The van der Waals surface area contributed by atoms with Gasteiger partial charge in [-0.25, -0.2) is 0 Å². The van der Waals surface area contributed by atoms with Crippen molar-refractivity contribution in [2.75, 3.05) is 13.7 Å². The highest BCUT2D eigenvalue weighted by Gasteiger charge is 2.57. The molecule has 1 fully saturated rings. The summed E-state index contributed by atoms with van der Waals surface area (Å²) in [6, 6.07) is 0.461. The minimum atomic E-state index is -0.0156. The summed E-state index contributed by atoms with van der Waals surface area (Å²) in [4.78, 5) is 0. The molecule has 1 saturated carbocycles. The molecule has 2 atom stereocenters. The normalized spacial score (nSPS) is 35.1. The predicted octanol–water partition coefficient (Wildman–Crippen LogP) is 2.53. The first-order valence-corrected chi connectivity index (χ1v) is 5.33. The number of hydrogen-bond acceptors (Lipinski definition) is 2. The summed E-state index contributed by atoms with van der Waals surface area (Å²) in [6.45, 7) is 10.9. The first-order valence-electron chi connectivity index (χ1n) is 4.95. The first kappa shape index (κ1) is 12.0. The topological polar surface area (TPSA) is 21.3 Å². The Kier molecular flexibility index (Phi) is 3.30. The molecule has 0 aromatic rings. The number of halogens is 1. The summed E-state index contributed by atoms with van der Waals surface area (Å²) in [5.41, 5.74) is 0.131. The zero-order chi connectivity index (χ0) is 11.0. The highest BCUT2D eigenvalue weighted by Crippen LogP contribution is 2.51. The predicted molar refractivity (Wildman–Crippen MR) is 60.6 cm³/mol. The molecule has 2 unspecified atom stereocenters. The van der Waals surface area contributed by atoms with E-state index in [0.29, 0.717) is 17.6 Å². The quantitative estimate of drug-likeness (QED) is 0.782. The lowest BCUT2D eigenvalue weighted by Crippen LogP contribution is -2.67. The summed E-state index contributed by atoms with van der Waals surface area (Å²) in [5.74, 6) is 0. The second kappa shape index (κ2) is 3.84. The van der Waals surface area contributed by atoms with Gasteiger partial charge in [-0.15, -0.1) is 0 Å². The van der Waals surface area contributed by atoms with E-state index in [1.54, 1.807) is 7.11 Å². The van der Waals surface area contributed by atoms with Crippen molar-refractivity contribution >= 4 is 11.6 Å². The van der Waals surface area contributed by atoms with Crippen LogP contribution in [0.4, 0.5) is 0 Å². The molecule has 0 aromatic heterocycles. The Morgan fingerprint density at radius 1 is 1.57 bits per heavy atom. The van der Waals surface area contributed by atoms with Crippen LogP contribution in [0.3, 0.4) is 0 Å². The van der Waals surface area contributed by atoms with Gasteiger partial charge in [-0.05, 0) is 13.3 Å². The zero-order valence-corrected chi connectivity index (χ0v) is 10.2. The molecule has 14 heavy (non-hydrogen) atoms. The fourth-order valence-corrected chi connectivity index (χ4v) is 2.13. The third-order valence-corrected chi connectivity index (χ3v) is 3.95. The summed E-state index contributed by atoms with van der Waals surface area (Å²) >= 11 is 5.71. The van der Waals surface area contributed by atoms with E-state index < -0.39 is 0 Å². The molecule has 1 rings (SSSR count). The number of hydrogen-bond donors (Lipinski definition) is 1. The van der Waals surface area contributed by atoms with E-state index in [1.165, 1.54) is 0 Å². The fraction of sp³-hybridized carbons (Fsp3) is 0.818. The molecule has 2 nitrogen and oxygen atoms in total. The summed E-state index contributed by atoms with van der Waals surface area (Å²) in [5, 5.41) is 4.05. The minimum Gasteiger partial charge on any atom is -0.378 e. The third kappa shape index (κ3) is 1.83. The molecule has 0 aliphatic heterocycles. The standard InChI is InChI=1S/C11H20ClNO/c1-8(12)7-13-9-6-11(4,14-5)10(9,2)3/h9,13H,1,6-7H2,2-5H3. The smallest absolute Gasteiger partial charge is 0.0731 e. The van der Waals surface area contributed by atoms with Gasteiger partial charge in [-0.2, -0.15) is 0 Å². The van der Waals surface area contributed by atoms with Crippen molar-refractivity contribution in [3.63, 3.8) is 0 Å². The van der Waals surface area contributed by atoms with Crippen molar-refractivity contribution in [1.29, 1.82) is 0 Å². The van der Waals surface area contributed by atoms with Crippen molar-refractivity contribution in [3.05, 3.63) is 11.6 Å². The lowest BCUT2D eigenvalue weighted by molar-refractivity contribution is -0.179. The Balaban J connectivity index is 2.50. The highest BCUT2D eigenvalue weighted by molar-refractivity contribution is 6.29. The van der Waals surface area contributed by atoms with Gasteiger partial charge in [0.05, 0.1) is 5.60 Å². The summed E-state index contributed by atoms with van der Waals surface area (Å²) < 4.78 is 5.53. The second-order valence-electron chi connectivity index (χ2n) is 4.81. The molecule has 0 saturated heterocycles. The van der Waals surface area contributed by atoms with E-state index in [4.69, 9.17) is 16.3 Å². The molecule has 0 bridgehead atoms. The van der Waals surface area contributed by atoms with Gasteiger partial charge in [0.1, 0.15) is 0 Å². The average molecular weight is 218 g/mol. The van der Waals surface area contributed by atoms with Crippen LogP contribution in [0.1, 0.15) is 27.2 Å². The molecule has 1 aliphatic carbocycles. The van der Waals surface area contributed by atoms with Crippen LogP contribution in [0, 0.1) is 5.41 Å². The molecule has 1 aliphatic rings. The highest BCUT2D eigenvalue weighted by atomic mass is 35.5. The van der Waals surface area contributed by atoms with Crippen LogP contribution >= 0.6 is 11.6 Å². The van der Waals surface area contributed by atoms with Crippen molar-refractivity contribution in [3.8, 4) is 0 Å². The van der Waals surface area contributed by atoms with E-state index in [9.17, 15) is 0 Å². The van der Waals surface area contributed by atoms with E-state index in [1.807, 2.05) is 0 Å². The van der Waals surface area contributed by atoms with Gasteiger partial charge in [0.25, 0.3) is 0 Å². The monoisotopic (exact) mass is 217 g/mol. The molecule has 3 heteroatoms. The largest absolute Gasteiger partial charge is 0.378 e. The first-order chi connectivity index (χ1) is 6.33. The second-order valence-corrected chi connectivity index (χ2v) is 5.35. The molecule has 1 N–H and O–H groups in total. The summed E-state index contributed by atoms with van der Waals surface area (Å²) in [7, 11) is 1.78. The maximum absolute atomic E-state index is 5.71. The minimum absolute atomic E-state index is 0.0156. The number of ether oxygens (including phenoxy) is 1. The van der Waals surface area contributed by atoms with Crippen molar-refractivity contribution in [1.82, 2.24) is 5.32 Å². The van der Waals surface area contributed by atoms with Gasteiger partial charge in [0.2, 0.25) is 0 Å². The maximum atomic E-state index is 5.71. The molecule has 0 heterocycles. The van der Waals surface area contributed by atoms with Crippen LogP contribution in [0.5, 0.6) is 0 Å². The molecule has 0 amide bonds. The average Bonchev–Trinajstić information content (AvgIpc) is 2.11. The lowest BCUT2D eigenvalue weighted by atomic mass is 9.56. The van der Waals surface area contributed by atoms with E-state index >= 15 is 0 Å². The van der Waals surface area contributed by atoms with Crippen LogP contribution in [0.25, 0.3) is 0 Å². The number of nitrogens with one attached hydrogen (secondary N) is 1. The Labute approximate surface area is 91.7 Å². The Hall–Kier alpha value is -0.0500. The zero-order valence-electron chi connectivity index (χ0n) is 9.48. The lowest BCUT2D eigenvalue weighted by Gasteiger charge is -2.59. The molecule has 82 valence electrons. The van der Waals surface area contributed by atoms with Gasteiger partial charge >= 0.3 is 0 Å². The van der Waals surface area contributed by atoms with Crippen LogP contribution in [-0.4, -0.2) is 25.3 Å². The Morgan fingerprint density at radius 3 is 2.50 bits per heavy atom. The molecule has 0 spiro atoms. The van der Waals surface area contributed by atoms with Crippen molar-refractivity contribution in [2.45, 2.75) is 38.8 Å². The van der Waals surface area contributed by atoms with Gasteiger partial charge in [-0.3, -0.25) is 0 Å². The van der Waals surface area contributed by atoms with Crippen LogP contribution < -0.4 is 5.32 Å². The maximum Gasteiger partial charge on any atom is 0.0731 e. The number of methoxy groups -OCH3 is 1. The number of rotatable bonds is 4. The van der Waals surface area contributed by atoms with Crippen LogP contribution in [0.15, 0.2) is 11.6 Å². The van der Waals surface area contributed by atoms with Gasteiger partial charge in [-0.1, -0.05) is 32.0 Å². The van der Waals surface area contributed by atoms with Gasteiger partial charge in [0, 0.05) is 30.1 Å². The van der Waals surface area contributed by atoms with Gasteiger partial charge < -0.3 is 10.1 Å². The fourth-order valence-electron chi connectivity index (χ4n) is 2.05. The van der Waals surface area contributed by atoms with Crippen LogP contribution in [0.2, 0.25) is 0 Å². The third-order valence-electron chi connectivity index (χ3n) is 3.82. The molecular formula is C11H20ClNO. The molecule has 0 radical (unpaired) electrons. The summed E-state index contributed by atoms with van der Waals surface area (Å²) in [6.07, 6.45) is 1.03. The Morgan fingerprint density at radius 2 is 2.14 bits per heavy atom. The van der Waals surface area contributed by atoms with Gasteiger partial charge in [0.15, 0.2) is 0 Å². The Bertz CT molecular complexity index is 239. The molecular weight excluding hydrogens is 198 g/mol. The van der Waals surface area contributed by atoms with E-state index in [0.717, 1.165) is 6.42 Å². The molecule has 0 aromatic carbocycles. The van der Waals surface area contributed by atoms with Crippen molar-refractivity contribution < 1.29 is 4.74 Å². The van der Waals surface area contributed by atoms with E-state index in [-0.39, 0.29) is 11.0 Å². The SMILES string of the molecule is C=C(Cl)CNC1CC(C)(OC)C1(C)C. The van der Waals surface area contributed by atoms with Crippen LogP contribution in [-0.2, 0) is 4.74 Å². The van der Waals surface area contributed by atoms with Crippen molar-refractivity contribution in [2.24, 2.45) is 5.41 Å². The van der Waals surface area contributed by atoms with E-state index in [2.05, 4.69) is 32.7 Å².